The molecule has 0 aliphatic heterocycles. The minimum atomic E-state index is -0.321. The Morgan fingerprint density at radius 1 is 1.06 bits per heavy atom. The molecule has 1 aromatic heterocycles. The molecule has 0 radical (unpaired) electrons. The number of methoxy groups -OCH3 is 3. The molecule has 32 heavy (non-hydrogen) atoms. The van der Waals surface area contributed by atoms with E-state index in [0.717, 1.165) is 17.5 Å². The van der Waals surface area contributed by atoms with Gasteiger partial charge in [-0.15, -0.1) is 0 Å². The molecule has 0 spiro atoms. The van der Waals surface area contributed by atoms with E-state index in [1.165, 1.54) is 23.9 Å². The number of rotatable bonds is 11. The van der Waals surface area contributed by atoms with E-state index in [9.17, 15) is 9.18 Å². The first-order chi connectivity index (χ1) is 15.5. The van der Waals surface area contributed by atoms with E-state index in [2.05, 4.69) is 10.3 Å². The van der Waals surface area contributed by atoms with Crippen molar-refractivity contribution in [2.45, 2.75) is 11.4 Å². The minimum absolute atomic E-state index is 0.0909. The second kappa shape index (κ2) is 11.5. The highest BCUT2D eigenvalue weighted by Crippen LogP contribution is 2.35. The van der Waals surface area contributed by atoms with Gasteiger partial charge in [0.1, 0.15) is 16.7 Å². The van der Waals surface area contributed by atoms with Crippen molar-refractivity contribution in [3.63, 3.8) is 0 Å². The monoisotopic (exact) mass is 459 g/mol. The number of nitrogens with zero attached hydrogens (tertiary/aromatic N) is 1. The van der Waals surface area contributed by atoms with Gasteiger partial charge in [-0.25, -0.2) is 9.37 Å². The summed E-state index contributed by atoms with van der Waals surface area (Å²) in [6.45, 7) is 1.14. The van der Waals surface area contributed by atoms with Crippen molar-refractivity contribution in [1.29, 1.82) is 0 Å². The number of nitrogens with one attached hydrogen (secondary N) is 2. The van der Waals surface area contributed by atoms with Crippen LogP contribution in [0.15, 0.2) is 47.5 Å². The van der Waals surface area contributed by atoms with Crippen LogP contribution in [0.5, 0.6) is 11.5 Å². The molecule has 7 nitrogen and oxygen atoms in total. The summed E-state index contributed by atoms with van der Waals surface area (Å²) in [7, 11) is 4.77. The Morgan fingerprint density at radius 3 is 2.47 bits per heavy atom. The Kier molecular flexibility index (Phi) is 8.52. The second-order valence-electron chi connectivity index (χ2n) is 6.83. The van der Waals surface area contributed by atoms with E-state index in [4.69, 9.17) is 19.2 Å². The summed E-state index contributed by atoms with van der Waals surface area (Å²) in [6, 6.07) is 11.6. The highest BCUT2D eigenvalue weighted by Gasteiger charge is 2.17. The standard InChI is InChI=1S/C23H26FN3O4S/c1-29-12-4-11-25-20(28)14-32-23-21(15-5-8-17(24)9-6-15)26-22(27-23)16-7-10-18(30-2)19(13-16)31-3/h5-10,13H,4,11-12,14H2,1-3H3,(H,25,28)(H,26,27). The topological polar surface area (TPSA) is 85.5 Å². The molecule has 2 N–H and O–H groups in total. The Labute approximate surface area is 190 Å². The molecule has 0 fully saturated rings. The van der Waals surface area contributed by atoms with E-state index in [-0.39, 0.29) is 17.5 Å². The SMILES string of the molecule is COCCCNC(=O)CSc1nc(-c2ccc(OC)c(OC)c2)[nH]c1-c1ccc(F)cc1. The lowest BCUT2D eigenvalue weighted by atomic mass is 10.1. The first-order valence-electron chi connectivity index (χ1n) is 10.0. The van der Waals surface area contributed by atoms with Crippen LogP contribution in [0.25, 0.3) is 22.6 Å². The van der Waals surface area contributed by atoms with E-state index in [1.54, 1.807) is 39.5 Å². The average Bonchev–Trinajstić information content (AvgIpc) is 3.24. The van der Waals surface area contributed by atoms with Crippen molar-refractivity contribution in [2.24, 2.45) is 0 Å². The fraction of sp³-hybridized carbons (Fsp3) is 0.304. The Morgan fingerprint density at radius 2 is 1.78 bits per heavy atom. The summed E-state index contributed by atoms with van der Waals surface area (Å²) in [4.78, 5) is 20.2. The van der Waals surface area contributed by atoms with Crippen LogP contribution in [-0.4, -0.2) is 56.1 Å². The third-order valence-electron chi connectivity index (χ3n) is 4.65. The first kappa shape index (κ1) is 23.6. The van der Waals surface area contributed by atoms with Crippen molar-refractivity contribution in [3.8, 4) is 34.1 Å². The van der Waals surface area contributed by atoms with E-state index in [0.29, 0.717) is 41.2 Å². The van der Waals surface area contributed by atoms with Gasteiger partial charge < -0.3 is 24.5 Å². The number of thioether (sulfide) groups is 1. The Hall–Kier alpha value is -3.04. The highest BCUT2D eigenvalue weighted by molar-refractivity contribution is 8.00. The lowest BCUT2D eigenvalue weighted by Crippen LogP contribution is -2.26. The number of carbonyl (C=O) groups is 1. The number of amides is 1. The van der Waals surface area contributed by atoms with Crippen molar-refractivity contribution in [3.05, 3.63) is 48.3 Å². The van der Waals surface area contributed by atoms with Gasteiger partial charge >= 0.3 is 0 Å². The molecular weight excluding hydrogens is 433 g/mol. The molecule has 0 bridgehead atoms. The summed E-state index contributed by atoms with van der Waals surface area (Å²) >= 11 is 1.32. The summed E-state index contributed by atoms with van der Waals surface area (Å²) in [5.41, 5.74) is 2.28. The summed E-state index contributed by atoms with van der Waals surface area (Å²) in [5.74, 6) is 1.59. The largest absolute Gasteiger partial charge is 0.493 e. The summed E-state index contributed by atoms with van der Waals surface area (Å²) in [6.07, 6.45) is 0.750. The van der Waals surface area contributed by atoms with E-state index >= 15 is 0 Å². The van der Waals surface area contributed by atoms with Gasteiger partial charge in [-0.1, -0.05) is 11.8 Å². The average molecular weight is 460 g/mol. The number of aromatic amines is 1. The molecule has 0 saturated heterocycles. The summed E-state index contributed by atoms with van der Waals surface area (Å²) < 4.78 is 29.1. The maximum absolute atomic E-state index is 13.4. The van der Waals surface area contributed by atoms with Gasteiger partial charge in [-0.05, 0) is 48.9 Å². The predicted octanol–water partition coefficient (Wildman–Crippen LogP) is 4.14. The lowest BCUT2D eigenvalue weighted by Gasteiger charge is -2.08. The zero-order valence-corrected chi connectivity index (χ0v) is 19.1. The zero-order chi connectivity index (χ0) is 22.9. The maximum Gasteiger partial charge on any atom is 0.230 e. The molecule has 1 heterocycles. The molecule has 1 amide bonds. The fourth-order valence-electron chi connectivity index (χ4n) is 3.02. The fourth-order valence-corrected chi connectivity index (χ4v) is 3.86. The first-order valence-corrected chi connectivity index (χ1v) is 11.0. The third-order valence-corrected chi connectivity index (χ3v) is 5.62. The van der Waals surface area contributed by atoms with Crippen molar-refractivity contribution >= 4 is 17.7 Å². The molecule has 3 rings (SSSR count). The van der Waals surface area contributed by atoms with Crippen LogP contribution in [0.2, 0.25) is 0 Å². The molecule has 0 atom stereocenters. The molecule has 0 aliphatic carbocycles. The van der Waals surface area contributed by atoms with E-state index in [1.807, 2.05) is 12.1 Å². The smallest absolute Gasteiger partial charge is 0.230 e. The number of H-pyrrole nitrogens is 1. The van der Waals surface area contributed by atoms with Gasteiger partial charge in [-0.3, -0.25) is 4.79 Å². The van der Waals surface area contributed by atoms with Crippen LogP contribution in [0, 0.1) is 5.82 Å². The Balaban J connectivity index is 1.85. The number of ether oxygens (including phenoxy) is 3. The predicted molar refractivity (Wildman–Crippen MR) is 123 cm³/mol. The molecule has 2 aromatic carbocycles. The van der Waals surface area contributed by atoms with Crippen LogP contribution in [-0.2, 0) is 9.53 Å². The van der Waals surface area contributed by atoms with Crippen LogP contribution >= 0.6 is 11.8 Å². The van der Waals surface area contributed by atoms with Gasteiger partial charge in [0, 0.05) is 31.4 Å². The number of aromatic nitrogens is 2. The van der Waals surface area contributed by atoms with Crippen molar-refractivity contribution in [2.75, 3.05) is 40.2 Å². The van der Waals surface area contributed by atoms with Gasteiger partial charge in [0.15, 0.2) is 11.5 Å². The molecule has 3 aromatic rings. The van der Waals surface area contributed by atoms with Crippen LogP contribution in [0.1, 0.15) is 6.42 Å². The van der Waals surface area contributed by atoms with Crippen molar-refractivity contribution in [1.82, 2.24) is 15.3 Å². The maximum atomic E-state index is 13.4. The van der Waals surface area contributed by atoms with Crippen molar-refractivity contribution < 1.29 is 23.4 Å². The second-order valence-corrected chi connectivity index (χ2v) is 7.79. The number of halogens is 1. The Bertz CT molecular complexity index is 1040. The lowest BCUT2D eigenvalue weighted by molar-refractivity contribution is -0.118. The minimum Gasteiger partial charge on any atom is -0.493 e. The molecule has 0 unspecified atom stereocenters. The highest BCUT2D eigenvalue weighted by atomic mass is 32.2. The third kappa shape index (κ3) is 6.02. The molecule has 0 saturated carbocycles. The molecule has 0 aliphatic rings. The number of imidazole rings is 1. The van der Waals surface area contributed by atoms with Crippen LogP contribution < -0.4 is 14.8 Å². The van der Waals surface area contributed by atoms with E-state index < -0.39 is 0 Å². The zero-order valence-electron chi connectivity index (χ0n) is 18.2. The number of carbonyl (C=O) groups excluding carboxylic acids is 1. The molecule has 170 valence electrons. The van der Waals surface area contributed by atoms with Gasteiger partial charge in [0.25, 0.3) is 0 Å². The van der Waals surface area contributed by atoms with Gasteiger partial charge in [-0.2, -0.15) is 0 Å². The quantitative estimate of drug-likeness (QED) is 0.331. The number of benzene rings is 2. The van der Waals surface area contributed by atoms with Gasteiger partial charge in [0.2, 0.25) is 5.91 Å². The molecule has 9 heteroatoms. The van der Waals surface area contributed by atoms with Gasteiger partial charge in [0.05, 0.1) is 25.7 Å². The summed E-state index contributed by atoms with van der Waals surface area (Å²) in [5, 5.41) is 3.51. The normalized spacial score (nSPS) is 10.8. The van der Waals surface area contributed by atoms with Crippen LogP contribution in [0.3, 0.4) is 0 Å². The van der Waals surface area contributed by atoms with Crippen LogP contribution in [0.4, 0.5) is 4.39 Å². The molecular formula is C23H26FN3O4S. The number of hydrogen-bond acceptors (Lipinski definition) is 6. The number of hydrogen-bond donors (Lipinski definition) is 2.